The van der Waals surface area contributed by atoms with Crippen LogP contribution in [0.3, 0.4) is 0 Å². The number of phosphoric acid groups is 2. The highest BCUT2D eigenvalue weighted by molar-refractivity contribution is 7.47. The van der Waals surface area contributed by atoms with Crippen molar-refractivity contribution in [2.75, 3.05) is 39.6 Å². The topological polar surface area (TPSA) is 237 Å². The van der Waals surface area contributed by atoms with Crippen molar-refractivity contribution < 1.29 is 80.2 Å². The molecule has 0 radical (unpaired) electrons. The summed E-state index contributed by atoms with van der Waals surface area (Å²) in [6.07, 6.45) is 33.7. The summed E-state index contributed by atoms with van der Waals surface area (Å²) in [5, 5.41) is 10.5. The van der Waals surface area contributed by atoms with E-state index >= 15 is 0 Å². The Kier molecular flexibility index (Phi) is 53.0. The van der Waals surface area contributed by atoms with Crippen molar-refractivity contribution in [1.82, 2.24) is 0 Å². The second-order valence-electron chi connectivity index (χ2n) is 24.6. The zero-order valence-electron chi connectivity index (χ0n) is 53.8. The van der Waals surface area contributed by atoms with E-state index in [1.807, 2.05) is 0 Å². The molecule has 0 aromatic rings. The average molecular weight is 1230 g/mol. The minimum atomic E-state index is -4.95. The van der Waals surface area contributed by atoms with Crippen LogP contribution < -0.4 is 0 Å². The maximum atomic E-state index is 13.0. The number of carbonyl (C=O) groups is 4. The molecule has 0 aliphatic rings. The van der Waals surface area contributed by atoms with E-state index in [-0.39, 0.29) is 25.7 Å². The molecule has 0 spiro atoms. The van der Waals surface area contributed by atoms with Crippen LogP contribution in [0, 0.1) is 23.7 Å². The van der Waals surface area contributed by atoms with Crippen LogP contribution in [0.5, 0.6) is 0 Å². The Balaban J connectivity index is 5.23. The predicted molar refractivity (Wildman–Crippen MR) is 331 cm³/mol. The molecule has 0 saturated carbocycles. The van der Waals surface area contributed by atoms with Crippen LogP contribution in [-0.2, 0) is 65.4 Å². The average Bonchev–Trinajstić information content (AvgIpc) is 3.46. The zero-order chi connectivity index (χ0) is 61.8. The molecule has 7 atom stereocenters. The summed E-state index contributed by atoms with van der Waals surface area (Å²) >= 11 is 0. The first-order valence-corrected chi connectivity index (χ1v) is 36.3. The summed E-state index contributed by atoms with van der Waals surface area (Å²) in [4.78, 5) is 72.2. The first-order valence-electron chi connectivity index (χ1n) is 33.3. The second kappa shape index (κ2) is 54.2. The molecule has 4 unspecified atom stereocenters. The molecule has 0 aliphatic carbocycles. The lowest BCUT2D eigenvalue weighted by atomic mass is 9.99. The van der Waals surface area contributed by atoms with Gasteiger partial charge in [-0.05, 0) is 49.4 Å². The van der Waals surface area contributed by atoms with Crippen molar-refractivity contribution in [3.63, 3.8) is 0 Å². The molecule has 0 aliphatic heterocycles. The van der Waals surface area contributed by atoms with Gasteiger partial charge in [0.15, 0.2) is 12.2 Å². The van der Waals surface area contributed by atoms with Crippen LogP contribution in [0.2, 0.25) is 0 Å². The number of esters is 4. The third-order valence-electron chi connectivity index (χ3n) is 15.3. The fourth-order valence-corrected chi connectivity index (χ4v) is 10.9. The molecule has 0 aromatic heterocycles. The van der Waals surface area contributed by atoms with Gasteiger partial charge in [-0.15, -0.1) is 0 Å². The maximum absolute atomic E-state index is 13.0. The molecule has 0 saturated heterocycles. The number of rotatable bonds is 61. The van der Waals surface area contributed by atoms with Crippen LogP contribution in [0.4, 0.5) is 0 Å². The van der Waals surface area contributed by atoms with E-state index in [1.165, 1.54) is 103 Å². The number of unbranched alkanes of at least 4 members (excludes halogenated alkanes) is 25. The van der Waals surface area contributed by atoms with Gasteiger partial charge >= 0.3 is 39.5 Å². The minimum Gasteiger partial charge on any atom is -0.462 e. The lowest BCUT2D eigenvalue weighted by molar-refractivity contribution is -0.161. The van der Waals surface area contributed by atoms with Crippen molar-refractivity contribution in [3.8, 4) is 0 Å². The minimum absolute atomic E-state index is 0.100. The second-order valence-corrected chi connectivity index (χ2v) is 27.5. The molecule has 0 fully saturated rings. The molecular formula is C64H124O17P2. The molecule has 0 aromatic carbocycles. The Labute approximate surface area is 505 Å². The fraction of sp³-hybridized carbons (Fsp3) is 0.938. The maximum Gasteiger partial charge on any atom is 0.472 e. The predicted octanol–water partition coefficient (Wildman–Crippen LogP) is 17.4. The van der Waals surface area contributed by atoms with Crippen molar-refractivity contribution in [1.29, 1.82) is 0 Å². The highest BCUT2D eigenvalue weighted by Crippen LogP contribution is 2.45. The van der Waals surface area contributed by atoms with Gasteiger partial charge in [0.2, 0.25) is 0 Å². The van der Waals surface area contributed by atoms with Gasteiger partial charge in [-0.2, -0.15) is 0 Å². The number of hydrogen-bond donors (Lipinski definition) is 3. The van der Waals surface area contributed by atoms with E-state index in [9.17, 15) is 43.2 Å². The Morgan fingerprint density at radius 3 is 0.855 bits per heavy atom. The Hall–Kier alpha value is -1.94. The molecule has 19 heteroatoms. The van der Waals surface area contributed by atoms with Gasteiger partial charge in [-0.3, -0.25) is 37.3 Å². The number of aliphatic hydroxyl groups is 1. The van der Waals surface area contributed by atoms with E-state index < -0.39 is 97.5 Å². The first-order chi connectivity index (χ1) is 39.7. The van der Waals surface area contributed by atoms with E-state index in [1.54, 1.807) is 0 Å². The normalized spacial score (nSPS) is 15.1. The number of phosphoric ester groups is 2. The Morgan fingerprint density at radius 1 is 0.337 bits per heavy atom. The van der Waals surface area contributed by atoms with Gasteiger partial charge in [0, 0.05) is 25.7 Å². The molecular weight excluding hydrogens is 1100 g/mol. The van der Waals surface area contributed by atoms with E-state index in [2.05, 4.69) is 55.4 Å². The standard InChI is InChI=1S/C64H124O17P2/c1-9-56(7)42-34-26-17-13-11-12-14-18-28-36-44-61(66)74-50-59(80-63(68)46-38-30-19-15-16-24-32-40-54(3)4)52-78-82(70,71)76-48-58(65)49-77-83(72,73)79-53-60(81-64(69)47-39-31-22-20-25-33-41-55(5)6)51-75-62(67)45-37-29-23-21-27-35-43-57(8)10-2/h54-60,65H,9-53H2,1-8H3,(H,70,71)(H,72,73)/t56?,57?,58-,59-,60-/m1/s1. The number of hydrogen-bond acceptors (Lipinski definition) is 15. The molecule has 0 amide bonds. The molecule has 492 valence electrons. The largest absolute Gasteiger partial charge is 0.472 e. The van der Waals surface area contributed by atoms with Crippen molar-refractivity contribution in [3.05, 3.63) is 0 Å². The number of ether oxygens (including phenoxy) is 4. The first kappa shape index (κ1) is 81.1. The van der Waals surface area contributed by atoms with E-state index in [0.717, 1.165) is 108 Å². The van der Waals surface area contributed by atoms with Crippen molar-refractivity contribution in [2.45, 2.75) is 324 Å². The lowest BCUT2D eigenvalue weighted by Crippen LogP contribution is -2.30. The van der Waals surface area contributed by atoms with E-state index in [4.69, 9.17) is 37.0 Å². The van der Waals surface area contributed by atoms with Gasteiger partial charge in [0.1, 0.15) is 19.3 Å². The summed E-state index contributed by atoms with van der Waals surface area (Å²) in [7, 11) is -9.89. The monoisotopic (exact) mass is 1230 g/mol. The molecule has 0 rings (SSSR count). The van der Waals surface area contributed by atoms with Gasteiger partial charge in [-0.1, -0.05) is 254 Å². The van der Waals surface area contributed by atoms with Crippen LogP contribution in [0.1, 0.15) is 306 Å². The number of carbonyl (C=O) groups excluding carboxylic acids is 4. The van der Waals surface area contributed by atoms with E-state index in [0.29, 0.717) is 37.5 Å². The van der Waals surface area contributed by atoms with Gasteiger partial charge in [-0.25, -0.2) is 9.13 Å². The van der Waals surface area contributed by atoms with Gasteiger partial charge in [0.05, 0.1) is 26.4 Å². The summed E-state index contributed by atoms with van der Waals surface area (Å²) in [6.45, 7) is 13.9. The van der Waals surface area contributed by atoms with Gasteiger partial charge in [0.25, 0.3) is 0 Å². The Bertz CT molecular complexity index is 1670. The molecule has 0 bridgehead atoms. The quantitative estimate of drug-likeness (QED) is 0.0222. The molecule has 83 heavy (non-hydrogen) atoms. The third kappa shape index (κ3) is 56.3. The summed E-state index contributed by atoms with van der Waals surface area (Å²) < 4.78 is 67.9. The highest BCUT2D eigenvalue weighted by atomic mass is 31.2. The molecule has 0 heterocycles. The van der Waals surface area contributed by atoms with Crippen molar-refractivity contribution >= 4 is 39.5 Å². The van der Waals surface area contributed by atoms with Crippen molar-refractivity contribution in [2.24, 2.45) is 23.7 Å². The van der Waals surface area contributed by atoms with Gasteiger partial charge < -0.3 is 33.8 Å². The highest BCUT2D eigenvalue weighted by Gasteiger charge is 2.30. The Morgan fingerprint density at radius 2 is 0.578 bits per heavy atom. The third-order valence-corrected chi connectivity index (χ3v) is 17.2. The smallest absolute Gasteiger partial charge is 0.462 e. The molecule has 3 N–H and O–H groups in total. The SMILES string of the molecule is CCC(C)CCCCCCCCCCCCC(=O)OC[C@H](COP(=O)(O)OC[C@@H](O)COP(=O)(O)OC[C@@H](COC(=O)CCCCCCCCC(C)CC)OC(=O)CCCCCCCCC(C)C)OC(=O)CCCCCCCCCC(C)C. The summed E-state index contributed by atoms with van der Waals surface area (Å²) in [5.74, 6) is 0.761. The number of aliphatic hydroxyl groups excluding tert-OH is 1. The van der Waals surface area contributed by atoms with Crippen LogP contribution >= 0.6 is 15.6 Å². The molecule has 17 nitrogen and oxygen atoms in total. The van der Waals surface area contributed by atoms with Crippen LogP contribution in [0.25, 0.3) is 0 Å². The lowest BCUT2D eigenvalue weighted by Gasteiger charge is -2.21. The summed E-state index contributed by atoms with van der Waals surface area (Å²) in [6, 6.07) is 0. The fourth-order valence-electron chi connectivity index (χ4n) is 9.36. The summed E-state index contributed by atoms with van der Waals surface area (Å²) in [5.41, 5.74) is 0. The zero-order valence-corrected chi connectivity index (χ0v) is 55.6. The van der Waals surface area contributed by atoms with Crippen LogP contribution in [-0.4, -0.2) is 96.7 Å². The van der Waals surface area contributed by atoms with Crippen LogP contribution in [0.15, 0.2) is 0 Å².